The molecule has 2 aliphatic carbocycles. The Bertz CT molecular complexity index is 1750. The van der Waals surface area contributed by atoms with Gasteiger partial charge in [-0.25, -0.2) is 4.57 Å². The molecule has 17 nitrogen and oxygen atoms in total. The lowest BCUT2D eigenvalue weighted by Crippen LogP contribution is -2.39. The molecule has 22 heteroatoms. The summed E-state index contributed by atoms with van der Waals surface area (Å²) >= 11 is 9.70. The van der Waals surface area contributed by atoms with Gasteiger partial charge in [-0.1, -0.05) is 18.2 Å². The molecule has 3 atom stereocenters. The number of benzene rings is 3. The largest absolute Gasteiger partial charge is 0.513 e. The van der Waals surface area contributed by atoms with Crippen molar-refractivity contribution < 1.29 is 52.2 Å². The van der Waals surface area contributed by atoms with E-state index >= 15 is 0 Å². The van der Waals surface area contributed by atoms with E-state index in [0.29, 0.717) is 0 Å². The predicted molar refractivity (Wildman–Crippen MR) is 209 cm³/mol. The Morgan fingerprint density at radius 2 is 1.16 bits per heavy atom. The maximum Gasteiger partial charge on any atom is 0.513 e. The lowest BCUT2D eigenvalue weighted by atomic mass is 9.96. The number of para-hydroxylation sites is 1. The third-order valence-corrected chi connectivity index (χ3v) is 8.66. The van der Waals surface area contributed by atoms with Crippen molar-refractivity contribution in [3.05, 3.63) is 99.1 Å². The normalized spacial score (nSPS) is 15.5. The minimum absolute atomic E-state index is 0. The molecule has 2 aliphatic rings. The first-order valence-electron chi connectivity index (χ1n) is 16.4. The van der Waals surface area contributed by atoms with E-state index in [-0.39, 0.29) is 59.2 Å². The van der Waals surface area contributed by atoms with Crippen LogP contribution < -0.4 is 19.9 Å². The summed E-state index contributed by atoms with van der Waals surface area (Å²) in [6, 6.07) is 17.0. The third-order valence-electron chi connectivity index (χ3n) is 7.05. The van der Waals surface area contributed by atoms with Gasteiger partial charge in [0.15, 0.2) is 0 Å². The number of halogens is 3. The van der Waals surface area contributed by atoms with E-state index in [2.05, 4.69) is 5.09 Å². The molecule has 3 aromatic carbocycles. The highest BCUT2D eigenvalue weighted by Crippen LogP contribution is 2.52. The molecule has 0 aromatic heterocycles. The number of phenols is 1. The second-order valence-corrected chi connectivity index (χ2v) is 19.3. The number of nitro benzene ring substituents is 2. The molecular weight excluding hydrogens is 829 g/mol. The monoisotopic (exact) mass is 870 g/mol. The molecule has 55 heavy (non-hydrogen) atoms. The van der Waals surface area contributed by atoms with Crippen LogP contribution in [0.25, 0.3) is 0 Å². The van der Waals surface area contributed by atoms with Crippen LogP contribution in [0.15, 0.2) is 78.9 Å². The number of nitrogens with two attached hydrogens (primary N) is 1. The summed E-state index contributed by atoms with van der Waals surface area (Å²) in [6.07, 6.45) is 5.90. The van der Waals surface area contributed by atoms with Crippen LogP contribution in [-0.2, 0) is 28.2 Å². The number of esters is 2. The number of rotatable bonds is 12. The zero-order valence-corrected chi connectivity index (χ0v) is 34.1. The summed E-state index contributed by atoms with van der Waals surface area (Å²) in [6.45, 7) is 4.41. The SMILES string of the molecule is CP(=O)(Cl)Cl.C[C@H](N)C(=O)OC1CCC1.C[C@H](NP(=O)(Oc1ccccc1)Oc1ccc([N+](=O)[O-])cc1)C(=O)OC1CCC1.Cl.O=[N+]([O-])c1ccc(O)cc1. The maximum atomic E-state index is 13.4. The second-order valence-electron chi connectivity index (χ2n) is 11.9. The highest BCUT2D eigenvalue weighted by molar-refractivity contribution is 8.08. The molecule has 2 saturated carbocycles. The molecule has 0 bridgehead atoms. The highest BCUT2D eigenvalue weighted by Gasteiger charge is 2.35. The van der Waals surface area contributed by atoms with Crippen LogP contribution in [0.4, 0.5) is 11.4 Å². The number of hydrogen-bond acceptors (Lipinski definition) is 14. The Morgan fingerprint density at radius 1 is 0.782 bits per heavy atom. The Morgan fingerprint density at radius 3 is 1.53 bits per heavy atom. The van der Waals surface area contributed by atoms with Gasteiger partial charge in [0.1, 0.15) is 41.5 Å². The van der Waals surface area contributed by atoms with Crippen LogP contribution >= 0.6 is 48.5 Å². The van der Waals surface area contributed by atoms with E-state index in [1.807, 2.05) is 0 Å². The molecule has 5 rings (SSSR count). The Hall–Kier alpha value is -3.95. The van der Waals surface area contributed by atoms with Crippen molar-refractivity contribution >= 4 is 71.8 Å². The number of carbonyl (C=O) groups is 2. The van der Waals surface area contributed by atoms with Crippen LogP contribution in [0, 0.1) is 20.2 Å². The van der Waals surface area contributed by atoms with Crippen molar-refractivity contribution in [3.63, 3.8) is 0 Å². The summed E-state index contributed by atoms with van der Waals surface area (Å²) < 4.78 is 44.4. The summed E-state index contributed by atoms with van der Waals surface area (Å²) in [5.41, 5.74) is 5.14. The molecule has 4 N–H and O–H groups in total. The summed E-state index contributed by atoms with van der Waals surface area (Å²) in [5, 5.41) is 32.1. The standard InChI is InChI=1S/C19H21N2O7P.C7H13NO2.C6H5NO3.CH3Cl2OP.ClH/c1-14(19(22)26-16-8-5-9-16)20-29(25,27-17-6-3-2-4-7-17)28-18-12-10-15(11-13-18)21(23)24;1-5(8)7(9)10-6-3-2-4-6;8-6-3-1-5(2-4-6)7(9)10;1-5(2,3)4;/h2-4,6-7,10-14,16H,5,8-9H2,1H3,(H,20,25);5-6H,2-4,8H2,1H3;1-4,8H;1H3;1H/t14-,29?;5-;;;/m00.../s1. The maximum absolute atomic E-state index is 13.4. The zero-order valence-electron chi connectivity index (χ0n) is 29.9. The fourth-order valence-electron chi connectivity index (χ4n) is 3.84. The molecule has 0 radical (unpaired) electrons. The molecule has 2 fully saturated rings. The lowest BCUT2D eigenvalue weighted by molar-refractivity contribution is -0.385. The second kappa shape index (κ2) is 23.9. The first-order chi connectivity index (χ1) is 25.2. The van der Waals surface area contributed by atoms with Crippen LogP contribution in [0.3, 0.4) is 0 Å². The van der Waals surface area contributed by atoms with Crippen LogP contribution in [-0.4, -0.2) is 57.8 Å². The van der Waals surface area contributed by atoms with E-state index in [4.69, 9.17) is 51.8 Å². The molecule has 304 valence electrons. The number of nitro groups is 2. The molecule has 0 spiro atoms. The summed E-state index contributed by atoms with van der Waals surface area (Å²) in [7, 11) is -4.07. The molecule has 0 amide bonds. The highest BCUT2D eigenvalue weighted by atomic mass is 35.9. The van der Waals surface area contributed by atoms with E-state index in [0.717, 1.165) is 32.1 Å². The number of nitrogens with one attached hydrogen (secondary N) is 1. The van der Waals surface area contributed by atoms with Gasteiger partial charge in [0.25, 0.3) is 11.4 Å². The molecule has 1 unspecified atom stereocenters. The average molecular weight is 872 g/mol. The van der Waals surface area contributed by atoms with Crippen molar-refractivity contribution in [2.24, 2.45) is 5.73 Å². The number of non-ortho nitro benzene ring substituents is 2. The zero-order chi connectivity index (χ0) is 40.5. The average Bonchev–Trinajstić information content (AvgIpc) is 3.04. The minimum atomic E-state index is -4.07. The molecule has 3 aromatic rings. The molecule has 0 heterocycles. The third kappa shape index (κ3) is 20.5. The van der Waals surface area contributed by atoms with Gasteiger partial charge in [-0.3, -0.25) is 34.4 Å². The van der Waals surface area contributed by atoms with Crippen molar-refractivity contribution in [1.29, 1.82) is 0 Å². The fraction of sp³-hybridized carbons (Fsp3) is 0.394. The van der Waals surface area contributed by atoms with Gasteiger partial charge >= 0.3 is 19.7 Å². The van der Waals surface area contributed by atoms with Crippen molar-refractivity contribution in [3.8, 4) is 17.2 Å². The van der Waals surface area contributed by atoms with E-state index < -0.39 is 41.5 Å². The van der Waals surface area contributed by atoms with Crippen LogP contribution in [0.5, 0.6) is 17.2 Å². The molecule has 0 aliphatic heterocycles. The quantitative estimate of drug-likeness (QED) is 0.0666. The summed E-state index contributed by atoms with van der Waals surface area (Å²) in [5.74, 6) is -3.14. The Kier molecular flexibility index (Phi) is 21.3. The Balaban J connectivity index is 0.000000472. The van der Waals surface area contributed by atoms with Crippen molar-refractivity contribution in [2.75, 3.05) is 6.66 Å². The Labute approximate surface area is 333 Å². The van der Waals surface area contributed by atoms with Crippen molar-refractivity contribution in [1.82, 2.24) is 5.09 Å². The van der Waals surface area contributed by atoms with E-state index in [9.17, 15) is 38.9 Å². The number of carbonyl (C=O) groups excluding carboxylic acids is 2. The van der Waals surface area contributed by atoms with Gasteiger partial charge in [0.05, 0.1) is 9.85 Å². The number of hydrogen-bond donors (Lipinski definition) is 3. The number of nitrogens with zero attached hydrogens (tertiary/aromatic N) is 2. The fourth-order valence-corrected chi connectivity index (χ4v) is 5.36. The van der Waals surface area contributed by atoms with E-state index in [1.165, 1.54) is 68.5 Å². The first kappa shape index (κ1) is 49.1. The van der Waals surface area contributed by atoms with E-state index in [1.54, 1.807) is 37.3 Å². The topological polar surface area (TPSA) is 250 Å². The van der Waals surface area contributed by atoms with Crippen molar-refractivity contribution in [2.45, 2.75) is 76.7 Å². The number of ether oxygens (including phenoxy) is 2. The lowest BCUT2D eigenvalue weighted by Gasteiger charge is -2.28. The smallest absolute Gasteiger partial charge is 0.508 e. The number of aromatic hydroxyl groups is 1. The molecular formula is C33H43Cl3N4O13P2. The minimum Gasteiger partial charge on any atom is -0.508 e. The van der Waals surface area contributed by atoms with Gasteiger partial charge in [-0.15, -0.1) is 12.4 Å². The van der Waals surface area contributed by atoms with Gasteiger partial charge in [0, 0.05) is 30.9 Å². The predicted octanol–water partition coefficient (Wildman–Crippen LogP) is 8.67. The van der Waals surface area contributed by atoms with Crippen LogP contribution in [0.2, 0.25) is 0 Å². The first-order valence-corrected chi connectivity index (χ1v) is 21.9. The van der Waals surface area contributed by atoms with Gasteiger partial charge in [-0.05, 0) is 111 Å². The number of phenolic OH excluding ortho intramolecular Hbond substituents is 1. The molecule has 0 saturated heterocycles. The van der Waals surface area contributed by atoms with Gasteiger partial charge < -0.3 is 29.4 Å². The van der Waals surface area contributed by atoms with Gasteiger partial charge in [0.2, 0.25) is 5.85 Å². The summed E-state index contributed by atoms with van der Waals surface area (Å²) in [4.78, 5) is 42.8. The van der Waals surface area contributed by atoms with Gasteiger partial charge in [-0.2, -0.15) is 5.09 Å². The van der Waals surface area contributed by atoms with Crippen LogP contribution in [0.1, 0.15) is 52.4 Å².